The highest BCUT2D eigenvalue weighted by Crippen LogP contribution is 2.41. The van der Waals surface area contributed by atoms with Crippen molar-refractivity contribution >= 4 is 17.7 Å². The number of amides is 1. The number of nitrogens with one attached hydrogen (secondary N) is 2. The fourth-order valence-corrected chi connectivity index (χ4v) is 3.93. The van der Waals surface area contributed by atoms with Crippen LogP contribution < -0.4 is 15.5 Å². The number of rotatable bonds is 4. The van der Waals surface area contributed by atoms with Crippen LogP contribution in [0.2, 0.25) is 0 Å². The van der Waals surface area contributed by atoms with Gasteiger partial charge >= 0.3 is 6.09 Å². The second-order valence-electron chi connectivity index (χ2n) is 8.47. The highest BCUT2D eigenvalue weighted by atomic mass is 19.3. The van der Waals surface area contributed by atoms with Crippen LogP contribution in [0.15, 0.2) is 18.5 Å². The Labute approximate surface area is 179 Å². The monoisotopic (exact) mass is 432 g/mol. The van der Waals surface area contributed by atoms with E-state index in [1.54, 1.807) is 0 Å². The molecular formula is C21H26F2N6O2. The standard InChI is InChI=1S/C21H26F2N6O2/c1-11(2)18-16-17(25-10-26-19(16)28-20(30)31-18)14-7-13(21(4,22)23)8-15(27-14)29-6-5-24-12(3)9-29/h7-8,10-12,18,24H,5-6,9H2,1-4H3,(H,25,26,28,30)/t12-,18?/m0/s1. The minimum absolute atomic E-state index is 0.0705. The molecule has 2 aliphatic rings. The molecule has 10 heteroatoms. The zero-order valence-corrected chi connectivity index (χ0v) is 17.9. The first-order valence-corrected chi connectivity index (χ1v) is 10.3. The number of carbonyl (C=O) groups is 1. The second kappa shape index (κ2) is 7.99. The summed E-state index contributed by atoms with van der Waals surface area (Å²) in [6, 6.07) is 3.00. The predicted octanol–water partition coefficient (Wildman–Crippen LogP) is 3.71. The van der Waals surface area contributed by atoms with E-state index in [-0.39, 0.29) is 17.5 Å². The van der Waals surface area contributed by atoms with E-state index in [1.807, 2.05) is 25.7 Å². The molecule has 0 bridgehead atoms. The van der Waals surface area contributed by atoms with Crippen LogP contribution in [0.4, 0.5) is 25.2 Å². The molecule has 0 aromatic carbocycles. The van der Waals surface area contributed by atoms with Gasteiger partial charge in [0.15, 0.2) is 0 Å². The van der Waals surface area contributed by atoms with E-state index >= 15 is 0 Å². The largest absolute Gasteiger partial charge is 0.441 e. The topological polar surface area (TPSA) is 92.3 Å². The van der Waals surface area contributed by atoms with Crippen molar-refractivity contribution in [3.63, 3.8) is 0 Å². The van der Waals surface area contributed by atoms with Gasteiger partial charge in [0.25, 0.3) is 5.92 Å². The number of pyridine rings is 1. The van der Waals surface area contributed by atoms with Gasteiger partial charge in [-0.25, -0.2) is 28.5 Å². The highest BCUT2D eigenvalue weighted by molar-refractivity contribution is 5.88. The molecule has 2 atom stereocenters. The molecule has 1 fully saturated rings. The summed E-state index contributed by atoms with van der Waals surface area (Å²) in [5, 5.41) is 5.92. The lowest BCUT2D eigenvalue weighted by Gasteiger charge is -2.33. The predicted molar refractivity (Wildman–Crippen MR) is 112 cm³/mol. The SMILES string of the molecule is CC(C)C1OC(=O)Nc2ncnc(-c3cc(C(C)(F)F)cc(N4CCN[C@@H](C)C4)n3)c21. The summed E-state index contributed by atoms with van der Waals surface area (Å²) in [7, 11) is 0. The Balaban J connectivity index is 1.88. The van der Waals surface area contributed by atoms with Crippen molar-refractivity contribution in [2.45, 2.75) is 45.8 Å². The molecule has 2 N–H and O–H groups in total. The lowest BCUT2D eigenvalue weighted by atomic mass is 9.95. The third kappa shape index (κ3) is 4.30. The van der Waals surface area contributed by atoms with Crippen molar-refractivity contribution in [2.75, 3.05) is 29.9 Å². The van der Waals surface area contributed by atoms with Gasteiger partial charge in [0.2, 0.25) is 0 Å². The maximum atomic E-state index is 14.4. The molecule has 1 unspecified atom stereocenters. The van der Waals surface area contributed by atoms with Gasteiger partial charge in [0.05, 0.1) is 11.3 Å². The molecule has 8 nitrogen and oxygen atoms in total. The van der Waals surface area contributed by atoms with Gasteiger partial charge in [-0.3, -0.25) is 5.32 Å². The van der Waals surface area contributed by atoms with Gasteiger partial charge in [-0.05, 0) is 25.0 Å². The molecule has 2 aromatic rings. The number of piperazine rings is 1. The number of ether oxygens (including phenoxy) is 1. The zero-order valence-electron chi connectivity index (χ0n) is 17.9. The number of alkyl halides is 2. The molecule has 0 saturated carbocycles. The van der Waals surface area contributed by atoms with Crippen LogP contribution >= 0.6 is 0 Å². The summed E-state index contributed by atoms with van der Waals surface area (Å²) in [4.78, 5) is 27.2. The Kier molecular flexibility index (Phi) is 5.50. The molecule has 31 heavy (non-hydrogen) atoms. The fourth-order valence-electron chi connectivity index (χ4n) is 3.93. The summed E-state index contributed by atoms with van der Waals surface area (Å²) >= 11 is 0. The van der Waals surface area contributed by atoms with Crippen LogP contribution in [-0.2, 0) is 10.7 Å². The molecule has 4 heterocycles. The van der Waals surface area contributed by atoms with E-state index in [0.717, 1.165) is 13.5 Å². The molecule has 0 aliphatic carbocycles. The molecule has 0 spiro atoms. The number of hydrogen-bond donors (Lipinski definition) is 2. The summed E-state index contributed by atoms with van der Waals surface area (Å²) in [5.74, 6) is -2.34. The number of cyclic esters (lactones) is 1. The third-order valence-electron chi connectivity index (χ3n) is 5.48. The van der Waals surface area contributed by atoms with Crippen molar-refractivity contribution in [3.8, 4) is 11.4 Å². The highest BCUT2D eigenvalue weighted by Gasteiger charge is 2.35. The van der Waals surface area contributed by atoms with E-state index in [9.17, 15) is 13.6 Å². The Bertz CT molecular complexity index is 994. The van der Waals surface area contributed by atoms with Crippen LogP contribution in [0.1, 0.15) is 44.9 Å². The Hall–Kier alpha value is -2.88. The minimum atomic E-state index is -3.05. The molecule has 1 saturated heterocycles. The molecule has 0 radical (unpaired) electrons. The summed E-state index contributed by atoms with van der Waals surface area (Å²) in [6.45, 7) is 8.77. The Morgan fingerprint density at radius 3 is 2.74 bits per heavy atom. The molecule has 4 rings (SSSR count). The van der Waals surface area contributed by atoms with Gasteiger partial charge in [0, 0.05) is 38.2 Å². The number of anilines is 2. The van der Waals surface area contributed by atoms with Crippen molar-refractivity contribution in [2.24, 2.45) is 5.92 Å². The average molecular weight is 432 g/mol. The summed E-state index contributed by atoms with van der Waals surface area (Å²) < 4.78 is 34.3. The van der Waals surface area contributed by atoms with E-state index in [0.29, 0.717) is 41.7 Å². The van der Waals surface area contributed by atoms with Gasteiger partial charge in [0.1, 0.15) is 29.8 Å². The molecule has 166 valence electrons. The summed E-state index contributed by atoms with van der Waals surface area (Å²) in [5.41, 5.74) is 1.07. The van der Waals surface area contributed by atoms with Crippen molar-refractivity contribution in [3.05, 3.63) is 29.6 Å². The normalized spacial score (nSPS) is 21.5. The smallest absolute Gasteiger partial charge is 0.413 e. The quantitative estimate of drug-likeness (QED) is 0.761. The van der Waals surface area contributed by atoms with E-state index in [2.05, 4.69) is 20.6 Å². The van der Waals surface area contributed by atoms with Crippen LogP contribution in [0.25, 0.3) is 11.4 Å². The Morgan fingerprint density at radius 2 is 2.06 bits per heavy atom. The maximum Gasteiger partial charge on any atom is 0.413 e. The van der Waals surface area contributed by atoms with Crippen LogP contribution in [-0.4, -0.2) is 46.7 Å². The van der Waals surface area contributed by atoms with Gasteiger partial charge < -0.3 is 15.0 Å². The lowest BCUT2D eigenvalue weighted by molar-refractivity contribution is 0.0174. The number of halogens is 2. The van der Waals surface area contributed by atoms with Crippen LogP contribution in [0.5, 0.6) is 0 Å². The molecule has 1 amide bonds. The van der Waals surface area contributed by atoms with E-state index in [1.165, 1.54) is 18.5 Å². The first kappa shape index (κ1) is 21.4. The van der Waals surface area contributed by atoms with Crippen LogP contribution in [0, 0.1) is 5.92 Å². The zero-order chi connectivity index (χ0) is 22.3. The Morgan fingerprint density at radius 1 is 1.29 bits per heavy atom. The maximum absolute atomic E-state index is 14.4. The van der Waals surface area contributed by atoms with Gasteiger partial charge in [-0.1, -0.05) is 13.8 Å². The summed E-state index contributed by atoms with van der Waals surface area (Å²) in [6.07, 6.45) is 0.0747. The fraction of sp³-hybridized carbons (Fsp3) is 0.524. The first-order valence-electron chi connectivity index (χ1n) is 10.3. The third-order valence-corrected chi connectivity index (χ3v) is 5.48. The van der Waals surface area contributed by atoms with Crippen molar-refractivity contribution in [1.29, 1.82) is 0 Å². The van der Waals surface area contributed by atoms with Crippen molar-refractivity contribution in [1.82, 2.24) is 20.3 Å². The lowest BCUT2D eigenvalue weighted by Crippen LogP contribution is -2.49. The average Bonchev–Trinajstić information content (AvgIpc) is 2.71. The van der Waals surface area contributed by atoms with Crippen LogP contribution in [0.3, 0.4) is 0 Å². The second-order valence-corrected chi connectivity index (χ2v) is 8.47. The number of fused-ring (bicyclic) bond motifs is 1. The molecule has 2 aliphatic heterocycles. The number of hydrogen-bond acceptors (Lipinski definition) is 7. The van der Waals surface area contributed by atoms with Crippen molar-refractivity contribution < 1.29 is 18.3 Å². The minimum Gasteiger partial charge on any atom is -0.441 e. The van der Waals surface area contributed by atoms with E-state index < -0.39 is 18.1 Å². The van der Waals surface area contributed by atoms with E-state index in [4.69, 9.17) is 9.72 Å². The molecule has 2 aromatic heterocycles. The van der Waals surface area contributed by atoms with Gasteiger partial charge in [-0.2, -0.15) is 0 Å². The number of aromatic nitrogens is 3. The molecular weight excluding hydrogens is 406 g/mol. The first-order chi connectivity index (χ1) is 14.6. The van der Waals surface area contributed by atoms with Gasteiger partial charge in [-0.15, -0.1) is 0 Å². The number of nitrogens with zero attached hydrogens (tertiary/aromatic N) is 4. The number of carbonyl (C=O) groups excluding carboxylic acids is 1.